The number of aromatic nitrogens is 1. The molecule has 1 aromatic heterocycles. The SMILES string of the molecule is C=C1/C=C\C=C/N(c2ccccc2)C=CC/C=C(/c2c3c(n(-c4cccc5c4-c4ccccc4C5(c4ccccc4)c4ccccc4)c2/C=C\C)CC=C3)C=C1C. The predicted molar refractivity (Wildman–Crippen MR) is 242 cm³/mol. The molecular weight excluding hydrogens is 689 g/mol. The molecule has 57 heavy (non-hydrogen) atoms. The number of rotatable bonds is 6. The summed E-state index contributed by atoms with van der Waals surface area (Å²) in [6.07, 6.45) is 28.2. The molecule has 1 aliphatic heterocycles. The molecule has 5 aromatic carbocycles. The third-order valence-corrected chi connectivity index (χ3v) is 11.6. The second-order valence-electron chi connectivity index (χ2n) is 14.9. The van der Waals surface area contributed by atoms with Gasteiger partial charge in [-0.05, 0) is 95.2 Å². The fourth-order valence-electron chi connectivity index (χ4n) is 9.08. The summed E-state index contributed by atoms with van der Waals surface area (Å²) in [4.78, 5) is 2.17. The zero-order valence-electron chi connectivity index (χ0n) is 32.6. The van der Waals surface area contributed by atoms with E-state index in [0.29, 0.717) is 0 Å². The Morgan fingerprint density at radius 1 is 0.667 bits per heavy atom. The van der Waals surface area contributed by atoms with Crippen molar-refractivity contribution in [2.24, 2.45) is 0 Å². The first kappa shape index (κ1) is 35.8. The first-order valence-electron chi connectivity index (χ1n) is 20.0. The van der Waals surface area contributed by atoms with Gasteiger partial charge >= 0.3 is 0 Å². The predicted octanol–water partition coefficient (Wildman–Crippen LogP) is 13.8. The van der Waals surface area contributed by atoms with Crippen LogP contribution in [0.25, 0.3) is 34.5 Å². The summed E-state index contributed by atoms with van der Waals surface area (Å²) in [6, 6.07) is 48.6. The maximum atomic E-state index is 4.48. The van der Waals surface area contributed by atoms with Gasteiger partial charge in [0.2, 0.25) is 0 Å². The molecule has 276 valence electrons. The van der Waals surface area contributed by atoms with Crippen LogP contribution >= 0.6 is 0 Å². The van der Waals surface area contributed by atoms with Gasteiger partial charge < -0.3 is 9.47 Å². The number of hydrogen-bond acceptors (Lipinski definition) is 1. The highest BCUT2D eigenvalue weighted by Crippen LogP contribution is 2.58. The summed E-state index contributed by atoms with van der Waals surface area (Å²) < 4.78 is 2.56. The molecule has 0 N–H and O–H groups in total. The second kappa shape index (κ2) is 15.3. The van der Waals surface area contributed by atoms with Gasteiger partial charge in [0.1, 0.15) is 0 Å². The van der Waals surface area contributed by atoms with Gasteiger partial charge in [-0.3, -0.25) is 0 Å². The molecule has 2 aliphatic carbocycles. The smallest absolute Gasteiger partial charge is 0.0714 e. The third-order valence-electron chi connectivity index (χ3n) is 11.6. The Bertz CT molecular complexity index is 2650. The van der Waals surface area contributed by atoms with Crippen molar-refractivity contribution in [3.05, 3.63) is 257 Å². The summed E-state index contributed by atoms with van der Waals surface area (Å²) in [5.74, 6) is 0. The number of para-hydroxylation sites is 1. The Morgan fingerprint density at radius 3 is 2.09 bits per heavy atom. The Kier molecular flexibility index (Phi) is 9.62. The maximum absolute atomic E-state index is 4.48. The van der Waals surface area contributed by atoms with E-state index in [1.165, 1.54) is 67.2 Å². The third kappa shape index (κ3) is 6.15. The van der Waals surface area contributed by atoms with Crippen LogP contribution in [0.1, 0.15) is 65.0 Å². The highest BCUT2D eigenvalue weighted by molar-refractivity contribution is 5.94. The van der Waals surface area contributed by atoms with Gasteiger partial charge in [0.05, 0.1) is 16.8 Å². The van der Waals surface area contributed by atoms with Crippen LogP contribution in [0.2, 0.25) is 0 Å². The van der Waals surface area contributed by atoms with Gasteiger partial charge in [0, 0.05) is 46.9 Å². The van der Waals surface area contributed by atoms with Crippen LogP contribution in [-0.4, -0.2) is 4.57 Å². The summed E-state index contributed by atoms with van der Waals surface area (Å²) in [6.45, 7) is 8.78. The lowest BCUT2D eigenvalue weighted by Crippen LogP contribution is -2.28. The number of nitrogens with zero attached hydrogens (tertiary/aromatic N) is 2. The number of allylic oxidation sites excluding steroid dienone is 11. The van der Waals surface area contributed by atoms with Crippen LogP contribution in [0.4, 0.5) is 5.69 Å². The lowest BCUT2D eigenvalue weighted by Gasteiger charge is -2.34. The molecule has 0 unspecified atom stereocenters. The molecule has 0 amide bonds. The topological polar surface area (TPSA) is 8.17 Å². The van der Waals surface area contributed by atoms with Gasteiger partial charge in [-0.25, -0.2) is 0 Å². The highest BCUT2D eigenvalue weighted by Gasteiger charge is 2.47. The van der Waals surface area contributed by atoms with Gasteiger partial charge in [-0.1, -0.05) is 170 Å². The monoisotopic (exact) mass is 734 g/mol. The Balaban J connectivity index is 1.28. The van der Waals surface area contributed by atoms with E-state index < -0.39 is 5.41 Å². The van der Waals surface area contributed by atoms with Crippen molar-refractivity contribution in [1.82, 2.24) is 4.57 Å². The molecule has 0 fully saturated rings. The van der Waals surface area contributed by atoms with E-state index in [0.717, 1.165) is 29.7 Å². The lowest BCUT2D eigenvalue weighted by molar-refractivity contribution is 0.767. The van der Waals surface area contributed by atoms with Gasteiger partial charge in [-0.15, -0.1) is 0 Å². The van der Waals surface area contributed by atoms with Crippen molar-refractivity contribution >= 4 is 23.4 Å². The Labute approximate surface area is 337 Å². The van der Waals surface area contributed by atoms with E-state index >= 15 is 0 Å². The lowest BCUT2D eigenvalue weighted by atomic mass is 9.68. The number of anilines is 1. The number of benzene rings is 5. The average Bonchev–Trinajstić information content (AvgIpc) is 3.93. The van der Waals surface area contributed by atoms with Crippen molar-refractivity contribution < 1.29 is 0 Å². The molecule has 2 heterocycles. The molecule has 0 radical (unpaired) electrons. The largest absolute Gasteiger partial charge is 0.324 e. The molecule has 0 spiro atoms. The van der Waals surface area contributed by atoms with E-state index in [4.69, 9.17) is 0 Å². The van der Waals surface area contributed by atoms with Gasteiger partial charge in [-0.2, -0.15) is 0 Å². The van der Waals surface area contributed by atoms with Crippen LogP contribution in [0.15, 0.2) is 212 Å². The normalized spacial score (nSPS) is 17.8. The summed E-state index contributed by atoms with van der Waals surface area (Å²) in [5.41, 5.74) is 17.9. The zero-order valence-corrected chi connectivity index (χ0v) is 32.6. The maximum Gasteiger partial charge on any atom is 0.0714 e. The van der Waals surface area contributed by atoms with Crippen LogP contribution < -0.4 is 4.90 Å². The van der Waals surface area contributed by atoms with Crippen LogP contribution in [0.5, 0.6) is 0 Å². The minimum absolute atomic E-state index is 0.472. The highest BCUT2D eigenvalue weighted by atomic mass is 15.1. The minimum atomic E-state index is -0.472. The van der Waals surface area contributed by atoms with E-state index in [2.05, 4.69) is 237 Å². The van der Waals surface area contributed by atoms with Crippen LogP contribution in [0.3, 0.4) is 0 Å². The van der Waals surface area contributed by atoms with Crippen molar-refractivity contribution in [3.8, 4) is 16.8 Å². The molecule has 0 saturated carbocycles. The van der Waals surface area contributed by atoms with E-state index in [1.807, 2.05) is 0 Å². The van der Waals surface area contributed by atoms with Crippen molar-refractivity contribution in [2.45, 2.75) is 32.1 Å². The molecule has 3 aliphatic rings. The number of fused-ring (bicyclic) bond motifs is 4. The van der Waals surface area contributed by atoms with E-state index in [9.17, 15) is 0 Å². The second-order valence-corrected chi connectivity index (χ2v) is 14.9. The average molecular weight is 735 g/mol. The summed E-state index contributed by atoms with van der Waals surface area (Å²) >= 11 is 0. The van der Waals surface area contributed by atoms with Crippen molar-refractivity contribution in [2.75, 3.05) is 4.90 Å². The molecule has 0 bridgehead atoms. The fourth-order valence-corrected chi connectivity index (χ4v) is 9.08. The van der Waals surface area contributed by atoms with Crippen LogP contribution in [0, 0.1) is 0 Å². The first-order valence-corrected chi connectivity index (χ1v) is 20.0. The van der Waals surface area contributed by atoms with E-state index in [-0.39, 0.29) is 0 Å². The molecule has 6 aromatic rings. The Morgan fingerprint density at radius 2 is 1.35 bits per heavy atom. The standard InChI is InChI=1S/C55H46N2/c1-4-22-51-53(42-24-17-19-38-56(45-29-12-7-13-30-45)37-18-16-23-40(2)41(3)39-42)47-32-20-35-50(47)57(51)52-36-21-34-49-54(52)46-31-14-15-33-48(46)55(49,43-25-8-5-9-26-43)44-27-10-6-11-28-44/h4-16,18-34,36-39H,2,17,35H2,1,3H3/b22-4-,23-16-,37-18-,38-19?,41-39?,42-24+. The van der Waals surface area contributed by atoms with Crippen LogP contribution in [-0.2, 0) is 11.8 Å². The molecular formula is C55H46N2. The fraction of sp³-hybridized carbons (Fsp3) is 0.0909. The van der Waals surface area contributed by atoms with Crippen molar-refractivity contribution in [3.63, 3.8) is 0 Å². The molecule has 9 rings (SSSR count). The minimum Gasteiger partial charge on any atom is -0.324 e. The first-order chi connectivity index (χ1) is 28.1. The number of hydrogen-bond donors (Lipinski definition) is 0. The van der Waals surface area contributed by atoms with Crippen molar-refractivity contribution in [1.29, 1.82) is 0 Å². The van der Waals surface area contributed by atoms with E-state index in [1.54, 1.807) is 0 Å². The van der Waals surface area contributed by atoms with Gasteiger partial charge in [0.15, 0.2) is 0 Å². The quantitative estimate of drug-likeness (QED) is 0.165. The molecule has 2 heteroatoms. The summed E-state index contributed by atoms with van der Waals surface area (Å²) in [7, 11) is 0. The molecule has 0 saturated heterocycles. The van der Waals surface area contributed by atoms with Gasteiger partial charge in [0.25, 0.3) is 0 Å². The Hall–Kier alpha value is -6.90. The molecule has 0 atom stereocenters. The zero-order chi connectivity index (χ0) is 38.8. The summed E-state index contributed by atoms with van der Waals surface area (Å²) in [5, 5.41) is 0. The molecule has 2 nitrogen and oxygen atoms in total.